The number of rotatable bonds is 4. The van der Waals surface area contributed by atoms with Gasteiger partial charge in [-0.1, -0.05) is 12.1 Å². The summed E-state index contributed by atoms with van der Waals surface area (Å²) in [6, 6.07) is 8.73. The molecule has 5 heteroatoms. The first-order valence-corrected chi connectivity index (χ1v) is 5.90. The fraction of sp³-hybridized carbons (Fsp3) is 0.286. The van der Waals surface area contributed by atoms with Crippen LogP contribution in [0.1, 0.15) is 29.9 Å². The molecule has 0 bridgehead atoms. The fourth-order valence-electron chi connectivity index (χ4n) is 1.77. The van der Waals surface area contributed by atoms with Crippen molar-refractivity contribution in [3.05, 3.63) is 59.5 Å². The van der Waals surface area contributed by atoms with Crippen LogP contribution in [0.15, 0.2) is 47.1 Å². The Kier molecular flexibility index (Phi) is 3.95. The number of hydrogen-bond acceptors (Lipinski definition) is 2. The predicted molar refractivity (Wildman–Crippen MR) is 65.4 cm³/mol. The maximum Gasteiger partial charge on any atom is 0.416 e. The van der Waals surface area contributed by atoms with Gasteiger partial charge >= 0.3 is 6.18 Å². The van der Waals surface area contributed by atoms with Gasteiger partial charge in [-0.15, -0.1) is 0 Å². The Morgan fingerprint density at radius 1 is 1.21 bits per heavy atom. The minimum atomic E-state index is -4.31. The summed E-state index contributed by atoms with van der Waals surface area (Å²) < 4.78 is 43.0. The Hall–Kier alpha value is -1.75. The van der Waals surface area contributed by atoms with E-state index >= 15 is 0 Å². The first-order chi connectivity index (χ1) is 8.97. The van der Waals surface area contributed by atoms with Crippen LogP contribution in [0.25, 0.3) is 0 Å². The highest BCUT2D eigenvalue weighted by Gasteiger charge is 2.30. The molecule has 0 aliphatic rings. The van der Waals surface area contributed by atoms with E-state index < -0.39 is 11.7 Å². The Bertz CT molecular complexity index is 520. The normalized spacial score (nSPS) is 13.5. The molecule has 2 rings (SSSR count). The SMILES string of the molecule is CC(NCc1ccco1)c1cccc(C(F)(F)F)c1. The lowest BCUT2D eigenvalue weighted by Gasteiger charge is -2.15. The summed E-state index contributed by atoms with van der Waals surface area (Å²) in [5, 5.41) is 3.12. The van der Waals surface area contributed by atoms with E-state index in [1.54, 1.807) is 18.4 Å². The molecule has 19 heavy (non-hydrogen) atoms. The lowest BCUT2D eigenvalue weighted by atomic mass is 10.0. The predicted octanol–water partition coefficient (Wildman–Crippen LogP) is 4.15. The fourth-order valence-corrected chi connectivity index (χ4v) is 1.77. The molecular formula is C14H14F3NO. The zero-order chi connectivity index (χ0) is 13.9. The Balaban J connectivity index is 2.04. The molecule has 0 aliphatic carbocycles. The molecule has 0 aliphatic heterocycles. The van der Waals surface area contributed by atoms with Gasteiger partial charge in [0, 0.05) is 6.04 Å². The van der Waals surface area contributed by atoms with E-state index in [0.29, 0.717) is 12.1 Å². The molecule has 1 N–H and O–H groups in total. The number of furan rings is 1. The van der Waals surface area contributed by atoms with Crippen molar-refractivity contribution in [2.75, 3.05) is 0 Å². The van der Waals surface area contributed by atoms with E-state index in [4.69, 9.17) is 4.42 Å². The third kappa shape index (κ3) is 3.61. The lowest BCUT2D eigenvalue weighted by molar-refractivity contribution is -0.137. The molecule has 2 nitrogen and oxygen atoms in total. The molecule has 1 atom stereocenters. The third-order valence-corrected chi connectivity index (χ3v) is 2.88. The van der Waals surface area contributed by atoms with E-state index in [2.05, 4.69) is 5.32 Å². The number of hydrogen-bond donors (Lipinski definition) is 1. The smallest absolute Gasteiger partial charge is 0.416 e. The zero-order valence-electron chi connectivity index (χ0n) is 10.4. The Morgan fingerprint density at radius 3 is 2.63 bits per heavy atom. The second-order valence-corrected chi connectivity index (χ2v) is 4.31. The molecular weight excluding hydrogens is 255 g/mol. The summed E-state index contributed by atoms with van der Waals surface area (Å²) in [5.41, 5.74) is -0.0296. The van der Waals surface area contributed by atoms with Crippen LogP contribution in [-0.2, 0) is 12.7 Å². The van der Waals surface area contributed by atoms with Gasteiger partial charge in [0.15, 0.2) is 0 Å². The largest absolute Gasteiger partial charge is 0.468 e. The summed E-state index contributed by atoms with van der Waals surface area (Å²) in [7, 11) is 0. The van der Waals surface area contributed by atoms with Crippen molar-refractivity contribution in [2.24, 2.45) is 0 Å². The number of halogens is 3. The second-order valence-electron chi connectivity index (χ2n) is 4.31. The topological polar surface area (TPSA) is 25.2 Å². The summed E-state index contributed by atoms with van der Waals surface area (Å²) >= 11 is 0. The molecule has 1 aromatic heterocycles. The van der Waals surface area contributed by atoms with Gasteiger partial charge in [-0.2, -0.15) is 13.2 Å². The second kappa shape index (κ2) is 5.48. The van der Waals surface area contributed by atoms with Crippen molar-refractivity contribution in [1.82, 2.24) is 5.32 Å². The van der Waals surface area contributed by atoms with E-state index in [1.807, 2.05) is 13.0 Å². The van der Waals surface area contributed by atoms with E-state index in [-0.39, 0.29) is 6.04 Å². The van der Waals surface area contributed by atoms with Gasteiger partial charge in [0.2, 0.25) is 0 Å². The van der Waals surface area contributed by atoms with Crippen LogP contribution in [-0.4, -0.2) is 0 Å². The van der Waals surface area contributed by atoms with Crippen molar-refractivity contribution in [3.63, 3.8) is 0 Å². The molecule has 0 radical (unpaired) electrons. The molecule has 1 aromatic carbocycles. The molecule has 2 aromatic rings. The van der Waals surface area contributed by atoms with Gasteiger partial charge < -0.3 is 9.73 Å². The maximum atomic E-state index is 12.6. The lowest BCUT2D eigenvalue weighted by Crippen LogP contribution is -2.18. The van der Waals surface area contributed by atoms with Crippen molar-refractivity contribution in [2.45, 2.75) is 25.7 Å². The minimum absolute atomic E-state index is 0.188. The van der Waals surface area contributed by atoms with Gasteiger partial charge in [0.1, 0.15) is 5.76 Å². The summed E-state index contributed by atoms with van der Waals surface area (Å²) in [6.45, 7) is 2.29. The van der Waals surface area contributed by atoms with Crippen LogP contribution in [0.2, 0.25) is 0 Å². The molecule has 1 heterocycles. The number of alkyl halides is 3. The van der Waals surface area contributed by atoms with Crippen LogP contribution in [0.4, 0.5) is 13.2 Å². The molecule has 0 fully saturated rings. The van der Waals surface area contributed by atoms with Gasteiger partial charge in [0.05, 0.1) is 18.4 Å². The maximum absolute atomic E-state index is 12.6. The number of nitrogens with one attached hydrogen (secondary N) is 1. The highest BCUT2D eigenvalue weighted by molar-refractivity contribution is 5.27. The van der Waals surface area contributed by atoms with Crippen molar-refractivity contribution in [3.8, 4) is 0 Å². The summed E-state index contributed by atoms with van der Waals surface area (Å²) in [4.78, 5) is 0. The van der Waals surface area contributed by atoms with E-state index in [9.17, 15) is 13.2 Å². The Labute approximate surface area is 109 Å². The highest BCUT2D eigenvalue weighted by Crippen LogP contribution is 2.30. The molecule has 0 saturated heterocycles. The van der Waals surface area contributed by atoms with Crippen molar-refractivity contribution < 1.29 is 17.6 Å². The first kappa shape index (κ1) is 13.7. The van der Waals surface area contributed by atoms with Gasteiger partial charge in [-0.25, -0.2) is 0 Å². The van der Waals surface area contributed by atoms with Gasteiger partial charge in [-0.05, 0) is 36.8 Å². The van der Waals surface area contributed by atoms with Crippen LogP contribution < -0.4 is 5.32 Å². The third-order valence-electron chi connectivity index (χ3n) is 2.88. The van der Waals surface area contributed by atoms with Crippen LogP contribution >= 0.6 is 0 Å². The standard InChI is InChI=1S/C14H14F3NO/c1-10(18-9-13-6-3-7-19-13)11-4-2-5-12(8-11)14(15,16)17/h2-8,10,18H,9H2,1H3. The van der Waals surface area contributed by atoms with Gasteiger partial charge in [0.25, 0.3) is 0 Å². The number of benzene rings is 1. The van der Waals surface area contributed by atoms with Crippen LogP contribution in [0.3, 0.4) is 0 Å². The monoisotopic (exact) mass is 269 g/mol. The molecule has 0 amide bonds. The molecule has 0 spiro atoms. The summed E-state index contributed by atoms with van der Waals surface area (Å²) in [5.74, 6) is 0.749. The van der Waals surface area contributed by atoms with Gasteiger partial charge in [-0.3, -0.25) is 0 Å². The first-order valence-electron chi connectivity index (χ1n) is 5.90. The van der Waals surface area contributed by atoms with Crippen LogP contribution in [0.5, 0.6) is 0 Å². The molecule has 102 valence electrons. The minimum Gasteiger partial charge on any atom is -0.468 e. The van der Waals surface area contributed by atoms with E-state index in [1.165, 1.54) is 12.1 Å². The average Bonchev–Trinajstić information content (AvgIpc) is 2.88. The Morgan fingerprint density at radius 2 is 2.00 bits per heavy atom. The molecule has 1 unspecified atom stereocenters. The zero-order valence-corrected chi connectivity index (χ0v) is 10.4. The highest BCUT2D eigenvalue weighted by atomic mass is 19.4. The van der Waals surface area contributed by atoms with E-state index in [0.717, 1.165) is 11.8 Å². The molecule has 0 saturated carbocycles. The summed E-state index contributed by atoms with van der Waals surface area (Å²) in [6.07, 6.45) is -2.75. The van der Waals surface area contributed by atoms with Crippen molar-refractivity contribution >= 4 is 0 Å². The van der Waals surface area contributed by atoms with Crippen LogP contribution in [0, 0.1) is 0 Å². The quantitative estimate of drug-likeness (QED) is 0.902. The van der Waals surface area contributed by atoms with Crippen molar-refractivity contribution in [1.29, 1.82) is 0 Å². The average molecular weight is 269 g/mol.